The van der Waals surface area contributed by atoms with Gasteiger partial charge in [0.15, 0.2) is 0 Å². The molecule has 0 aromatic carbocycles. The van der Waals surface area contributed by atoms with Crippen LogP contribution in [0.25, 0.3) is 0 Å². The highest BCUT2D eigenvalue weighted by atomic mass is 31.2. The largest absolute Gasteiger partial charge is 0.756 e. The van der Waals surface area contributed by atoms with Crippen molar-refractivity contribution >= 4 is 13.8 Å². The summed E-state index contributed by atoms with van der Waals surface area (Å²) < 4.78 is 34.6. The summed E-state index contributed by atoms with van der Waals surface area (Å²) in [6, 6.07) is 0. The summed E-state index contributed by atoms with van der Waals surface area (Å²) in [4.78, 5) is 25.1. The lowest BCUT2D eigenvalue weighted by atomic mass is 10.1. The standard InChI is InChI=1S/C51H94NO7P/c1-6-8-10-12-14-16-18-20-22-23-24-25-26-27-28-29-30-31-33-35-37-39-41-43-46-56-48-50(49-58-60(54,55)57-47-45-52(3,4)5)59-51(53)44-42-40-38-36-34-32-21-19-17-15-13-11-9-7-2/h13,15,18-21,23-24,26-27,50H,6-12,14,16-17,22,25,28-49H2,1-5H3/b15-13-,20-18-,21-19-,24-23-,27-26-. The van der Waals surface area contributed by atoms with Gasteiger partial charge in [-0.15, -0.1) is 0 Å². The second-order valence-corrected chi connectivity index (χ2v) is 18.9. The number of phosphoric acid groups is 1. The van der Waals surface area contributed by atoms with Crippen molar-refractivity contribution in [3.8, 4) is 0 Å². The Labute approximate surface area is 370 Å². The maximum atomic E-state index is 12.7. The number of rotatable bonds is 45. The topological polar surface area (TPSA) is 94.1 Å². The maximum Gasteiger partial charge on any atom is 0.306 e. The van der Waals surface area contributed by atoms with Gasteiger partial charge in [0.05, 0.1) is 34.4 Å². The summed E-state index contributed by atoms with van der Waals surface area (Å²) in [5, 5.41) is 0. The first-order valence-electron chi connectivity index (χ1n) is 24.5. The third-order valence-electron chi connectivity index (χ3n) is 10.3. The normalized spacial score (nSPS) is 14.2. The third-order valence-corrected chi connectivity index (χ3v) is 11.3. The molecule has 0 fully saturated rings. The number of ether oxygens (including phenoxy) is 2. The Balaban J connectivity index is 4.16. The highest BCUT2D eigenvalue weighted by molar-refractivity contribution is 7.45. The summed E-state index contributed by atoms with van der Waals surface area (Å²) in [6.07, 6.45) is 55.3. The Hall–Kier alpha value is -1.80. The first-order valence-corrected chi connectivity index (χ1v) is 26.0. The molecule has 0 aliphatic heterocycles. The van der Waals surface area contributed by atoms with Crippen molar-refractivity contribution < 1.29 is 37.3 Å². The van der Waals surface area contributed by atoms with Crippen LogP contribution >= 0.6 is 7.82 Å². The van der Waals surface area contributed by atoms with Gasteiger partial charge in [-0.2, -0.15) is 0 Å². The molecule has 0 aliphatic rings. The van der Waals surface area contributed by atoms with Crippen molar-refractivity contribution in [3.63, 3.8) is 0 Å². The van der Waals surface area contributed by atoms with Gasteiger partial charge in [-0.3, -0.25) is 9.36 Å². The SMILES string of the molecule is CCCC/C=C\C/C=C\CCCCCCCC(=O)OC(COCCCCCCCCCCC/C=C\C/C=C\C/C=C\CCCCCCC)COP(=O)([O-])OCC[N+](C)(C)C. The fraction of sp³-hybridized carbons (Fsp3) is 0.784. The van der Waals surface area contributed by atoms with E-state index in [-0.39, 0.29) is 25.8 Å². The van der Waals surface area contributed by atoms with Gasteiger partial charge in [0.2, 0.25) is 0 Å². The Bertz CT molecular complexity index is 1140. The minimum Gasteiger partial charge on any atom is -0.756 e. The molecular weight excluding hydrogens is 770 g/mol. The molecule has 0 amide bonds. The van der Waals surface area contributed by atoms with Crippen LogP contribution in [0.15, 0.2) is 60.8 Å². The minimum atomic E-state index is -4.54. The molecule has 0 saturated heterocycles. The van der Waals surface area contributed by atoms with Gasteiger partial charge in [-0.25, -0.2) is 0 Å². The van der Waals surface area contributed by atoms with Crippen LogP contribution in [0.1, 0.15) is 200 Å². The fourth-order valence-corrected chi connectivity index (χ4v) is 7.18. The smallest absolute Gasteiger partial charge is 0.306 e. The molecule has 350 valence electrons. The number of phosphoric ester groups is 1. The first kappa shape index (κ1) is 58.2. The molecule has 0 bridgehead atoms. The molecule has 0 N–H and O–H groups in total. The summed E-state index contributed by atoms with van der Waals surface area (Å²) in [7, 11) is 1.34. The lowest BCUT2D eigenvalue weighted by molar-refractivity contribution is -0.870. The van der Waals surface area contributed by atoms with Crippen molar-refractivity contribution in [2.75, 3.05) is 54.1 Å². The number of allylic oxidation sites excluding steroid dienone is 10. The highest BCUT2D eigenvalue weighted by Crippen LogP contribution is 2.38. The lowest BCUT2D eigenvalue weighted by Crippen LogP contribution is -2.37. The van der Waals surface area contributed by atoms with E-state index in [2.05, 4.69) is 74.6 Å². The average Bonchev–Trinajstić information content (AvgIpc) is 3.20. The Morgan fingerprint density at radius 2 is 0.933 bits per heavy atom. The molecule has 2 unspecified atom stereocenters. The van der Waals surface area contributed by atoms with Crippen molar-refractivity contribution in [3.05, 3.63) is 60.8 Å². The van der Waals surface area contributed by atoms with Gasteiger partial charge in [-0.1, -0.05) is 177 Å². The molecule has 0 aliphatic carbocycles. The second-order valence-electron chi connectivity index (χ2n) is 17.5. The molecule has 0 heterocycles. The number of likely N-dealkylation sites (N-methyl/N-ethyl adjacent to an activating group) is 1. The molecular formula is C51H94NO7P. The zero-order valence-electron chi connectivity index (χ0n) is 39.6. The van der Waals surface area contributed by atoms with Crippen LogP contribution in [0.4, 0.5) is 0 Å². The van der Waals surface area contributed by atoms with Crippen molar-refractivity contribution in [2.24, 2.45) is 0 Å². The fourth-order valence-electron chi connectivity index (χ4n) is 6.45. The predicted octanol–water partition coefficient (Wildman–Crippen LogP) is 14.3. The molecule has 2 atom stereocenters. The summed E-state index contributed by atoms with van der Waals surface area (Å²) in [5.41, 5.74) is 0. The van der Waals surface area contributed by atoms with Crippen molar-refractivity contribution in [1.82, 2.24) is 0 Å². The van der Waals surface area contributed by atoms with Gasteiger partial charge in [0.25, 0.3) is 7.82 Å². The maximum absolute atomic E-state index is 12.7. The quantitative estimate of drug-likeness (QED) is 0.0198. The van der Waals surface area contributed by atoms with Gasteiger partial charge in [0.1, 0.15) is 19.3 Å². The van der Waals surface area contributed by atoms with Gasteiger partial charge >= 0.3 is 5.97 Å². The molecule has 9 heteroatoms. The number of carbonyl (C=O) groups is 1. The van der Waals surface area contributed by atoms with E-state index in [1.807, 2.05) is 21.1 Å². The van der Waals surface area contributed by atoms with Gasteiger partial charge in [0, 0.05) is 13.0 Å². The van der Waals surface area contributed by atoms with E-state index in [0.29, 0.717) is 24.1 Å². The summed E-state index contributed by atoms with van der Waals surface area (Å²) in [5.74, 6) is -0.351. The molecule has 0 radical (unpaired) electrons. The van der Waals surface area contributed by atoms with Crippen molar-refractivity contribution in [1.29, 1.82) is 0 Å². The van der Waals surface area contributed by atoms with Gasteiger partial charge in [-0.05, 0) is 77.0 Å². The molecule has 0 aromatic heterocycles. The zero-order chi connectivity index (χ0) is 44.1. The number of esters is 1. The number of quaternary nitrogens is 1. The van der Waals surface area contributed by atoms with E-state index in [4.69, 9.17) is 18.5 Å². The van der Waals surface area contributed by atoms with Crippen LogP contribution in [0.3, 0.4) is 0 Å². The van der Waals surface area contributed by atoms with Gasteiger partial charge < -0.3 is 27.9 Å². The van der Waals surface area contributed by atoms with Crippen LogP contribution in [0.5, 0.6) is 0 Å². The molecule has 0 aromatic rings. The van der Waals surface area contributed by atoms with Crippen LogP contribution < -0.4 is 4.89 Å². The van der Waals surface area contributed by atoms with E-state index in [1.54, 1.807) is 0 Å². The van der Waals surface area contributed by atoms with E-state index in [9.17, 15) is 14.3 Å². The summed E-state index contributed by atoms with van der Waals surface area (Å²) in [6.45, 7) is 5.33. The summed E-state index contributed by atoms with van der Waals surface area (Å²) >= 11 is 0. The van der Waals surface area contributed by atoms with Crippen molar-refractivity contribution in [2.45, 2.75) is 206 Å². The van der Waals surface area contributed by atoms with E-state index in [1.165, 1.54) is 109 Å². The average molecular weight is 864 g/mol. The van der Waals surface area contributed by atoms with Crippen LogP contribution in [0, 0.1) is 0 Å². The highest BCUT2D eigenvalue weighted by Gasteiger charge is 2.20. The van der Waals surface area contributed by atoms with Crippen LogP contribution in [-0.4, -0.2) is 70.7 Å². The Morgan fingerprint density at radius 1 is 0.517 bits per heavy atom. The van der Waals surface area contributed by atoms with Crippen LogP contribution in [-0.2, 0) is 27.9 Å². The van der Waals surface area contributed by atoms with E-state index in [0.717, 1.165) is 70.6 Å². The second kappa shape index (κ2) is 43.8. The van der Waals surface area contributed by atoms with E-state index >= 15 is 0 Å². The lowest BCUT2D eigenvalue weighted by Gasteiger charge is -2.28. The molecule has 60 heavy (non-hydrogen) atoms. The number of hydrogen-bond acceptors (Lipinski definition) is 7. The number of unbranched alkanes of at least 4 members (excludes halogenated alkanes) is 21. The monoisotopic (exact) mass is 864 g/mol. The Kier molecular flexibility index (Phi) is 42.5. The Morgan fingerprint density at radius 3 is 1.42 bits per heavy atom. The molecule has 0 rings (SSSR count). The minimum absolute atomic E-state index is 0.0197. The molecule has 0 spiro atoms. The van der Waals surface area contributed by atoms with Crippen LogP contribution in [0.2, 0.25) is 0 Å². The number of hydrogen-bond donors (Lipinski definition) is 0. The predicted molar refractivity (Wildman–Crippen MR) is 254 cm³/mol. The zero-order valence-corrected chi connectivity index (χ0v) is 40.5. The molecule has 8 nitrogen and oxygen atoms in total. The third kappa shape index (κ3) is 47.3. The number of carbonyl (C=O) groups excluding carboxylic acids is 1. The van der Waals surface area contributed by atoms with E-state index < -0.39 is 13.9 Å². The number of nitrogens with zero attached hydrogens (tertiary/aromatic N) is 1. The molecule has 0 saturated carbocycles. The first-order chi connectivity index (χ1) is 29.1.